The van der Waals surface area contributed by atoms with Crippen LogP contribution in [0.1, 0.15) is 79.8 Å². The fraction of sp³-hybridized carbons (Fsp3) is 0.571. The van der Waals surface area contributed by atoms with E-state index in [0.29, 0.717) is 23.6 Å². The van der Waals surface area contributed by atoms with E-state index >= 15 is 0 Å². The fourth-order valence-corrected chi connectivity index (χ4v) is 6.10. The Labute approximate surface area is 236 Å². The summed E-state index contributed by atoms with van der Waals surface area (Å²) in [7, 11) is 1.07. The summed E-state index contributed by atoms with van der Waals surface area (Å²) < 4.78 is 36.7. The van der Waals surface area contributed by atoms with Crippen LogP contribution in [0.5, 0.6) is 0 Å². The lowest BCUT2D eigenvalue weighted by Gasteiger charge is -2.37. The molecule has 5 rings (SSSR count). The number of esters is 1. The van der Waals surface area contributed by atoms with E-state index < -0.39 is 36.2 Å². The molecule has 2 N–H and O–H groups in total. The first-order valence-corrected chi connectivity index (χ1v) is 14.1. The van der Waals surface area contributed by atoms with Crippen molar-refractivity contribution in [2.75, 3.05) is 13.7 Å². The molecular formula is C28H35F2N7O4. The van der Waals surface area contributed by atoms with E-state index in [1.54, 1.807) is 35.3 Å². The van der Waals surface area contributed by atoms with Gasteiger partial charge in [-0.1, -0.05) is 25.7 Å². The van der Waals surface area contributed by atoms with E-state index in [1.165, 1.54) is 4.52 Å². The van der Waals surface area contributed by atoms with Crippen molar-refractivity contribution in [3.05, 3.63) is 47.7 Å². The molecule has 1 saturated heterocycles. The Morgan fingerprint density at radius 1 is 1.20 bits per heavy atom. The number of nitrogens with zero attached hydrogens (tertiary/aromatic N) is 5. The van der Waals surface area contributed by atoms with Gasteiger partial charge in [-0.25, -0.2) is 18.3 Å². The van der Waals surface area contributed by atoms with Crippen LogP contribution in [0.15, 0.2) is 30.6 Å². The van der Waals surface area contributed by atoms with Crippen molar-refractivity contribution in [2.24, 2.45) is 11.3 Å². The zero-order valence-electron chi connectivity index (χ0n) is 23.2. The highest BCUT2D eigenvalue weighted by molar-refractivity contribution is 6.03. The molecule has 11 nitrogen and oxygen atoms in total. The van der Waals surface area contributed by atoms with Crippen molar-refractivity contribution in [1.82, 2.24) is 35.0 Å². The number of fused-ring (bicyclic) bond motifs is 1. The van der Waals surface area contributed by atoms with Crippen LogP contribution in [0.2, 0.25) is 0 Å². The van der Waals surface area contributed by atoms with Gasteiger partial charge in [-0.3, -0.25) is 19.1 Å². The van der Waals surface area contributed by atoms with Gasteiger partial charge in [0.05, 0.1) is 37.3 Å². The number of alkyl halides is 2. The van der Waals surface area contributed by atoms with E-state index in [4.69, 9.17) is 9.72 Å². The van der Waals surface area contributed by atoms with E-state index in [2.05, 4.69) is 20.8 Å². The Bertz CT molecular complexity index is 1420. The Hall–Kier alpha value is -3.90. The first kappa shape index (κ1) is 28.6. The minimum absolute atomic E-state index is 0.166. The molecule has 2 atom stereocenters. The number of piperidine rings is 1. The topological polar surface area (TPSA) is 133 Å². The SMILES string of the molecule is CCn1nccc1C(=O)N[C@H](c1cn2nc(CC3(C(=O)OC)CC(F)(F)CNC3=O)ccc2n1)C1CCCCCC1. The van der Waals surface area contributed by atoms with Crippen LogP contribution in [-0.4, -0.2) is 61.7 Å². The zero-order chi connectivity index (χ0) is 29.2. The maximum absolute atomic E-state index is 14.4. The predicted molar refractivity (Wildman–Crippen MR) is 143 cm³/mol. The summed E-state index contributed by atoms with van der Waals surface area (Å²) in [6, 6.07) is 4.53. The van der Waals surface area contributed by atoms with Crippen molar-refractivity contribution in [3.63, 3.8) is 0 Å². The number of halogens is 2. The van der Waals surface area contributed by atoms with Crippen LogP contribution in [-0.2, 0) is 27.3 Å². The zero-order valence-corrected chi connectivity index (χ0v) is 23.2. The van der Waals surface area contributed by atoms with Gasteiger partial charge in [0.1, 0.15) is 5.69 Å². The molecular weight excluding hydrogens is 536 g/mol. The molecule has 2 amide bonds. The van der Waals surface area contributed by atoms with Crippen molar-refractivity contribution in [1.29, 1.82) is 0 Å². The van der Waals surface area contributed by atoms with Gasteiger partial charge < -0.3 is 15.4 Å². The standard InChI is InChI=1S/C28H35F2N7O4/c1-3-36-21(12-13-32-36)24(38)34-23(18-8-6-4-5-7-9-18)20-15-37-22(33-20)11-10-19(35-37)14-27(26(40)41-2)16-28(29,30)17-31-25(27)39/h10-13,15,18,23H,3-9,14,16-17H2,1-2H3,(H,31,39)(H,34,38)/t23-,27?/m0/s1. The van der Waals surface area contributed by atoms with E-state index in [-0.39, 0.29) is 30.0 Å². The van der Waals surface area contributed by atoms with E-state index in [1.807, 2.05) is 6.92 Å². The van der Waals surface area contributed by atoms with Gasteiger partial charge in [0.25, 0.3) is 11.8 Å². The van der Waals surface area contributed by atoms with Gasteiger partial charge in [0.2, 0.25) is 5.91 Å². The minimum Gasteiger partial charge on any atom is -0.468 e. The molecule has 220 valence electrons. The molecule has 41 heavy (non-hydrogen) atoms. The third-order valence-corrected chi connectivity index (χ3v) is 8.18. The van der Waals surface area contributed by atoms with Gasteiger partial charge in [0, 0.05) is 25.6 Å². The van der Waals surface area contributed by atoms with Crippen LogP contribution >= 0.6 is 0 Å². The third-order valence-electron chi connectivity index (χ3n) is 8.18. The Kier molecular flexibility index (Phi) is 8.05. The van der Waals surface area contributed by atoms with Crippen molar-refractivity contribution in [2.45, 2.75) is 76.8 Å². The number of amides is 2. The third kappa shape index (κ3) is 5.80. The second-order valence-corrected chi connectivity index (χ2v) is 11.0. The predicted octanol–water partition coefficient (Wildman–Crippen LogP) is 3.24. The molecule has 4 heterocycles. The summed E-state index contributed by atoms with van der Waals surface area (Å²) in [6.45, 7) is 1.64. The maximum Gasteiger partial charge on any atom is 0.322 e. The number of imidazole rings is 1. The quantitative estimate of drug-likeness (QED) is 0.241. The molecule has 2 aliphatic rings. The molecule has 13 heteroatoms. The Balaban J connectivity index is 1.47. The number of aryl methyl sites for hydroxylation is 1. The lowest BCUT2D eigenvalue weighted by atomic mass is 9.74. The summed E-state index contributed by atoms with van der Waals surface area (Å²) in [5, 5.41) is 14.1. The Morgan fingerprint density at radius 3 is 2.66 bits per heavy atom. The number of aromatic nitrogens is 5. The molecule has 2 fully saturated rings. The highest BCUT2D eigenvalue weighted by Crippen LogP contribution is 2.40. The summed E-state index contributed by atoms with van der Waals surface area (Å²) in [6.07, 6.45) is 8.25. The van der Waals surface area contributed by atoms with Crippen molar-refractivity contribution >= 4 is 23.4 Å². The van der Waals surface area contributed by atoms with Gasteiger partial charge in [0.15, 0.2) is 11.1 Å². The van der Waals surface area contributed by atoms with Crippen LogP contribution in [0.3, 0.4) is 0 Å². The number of carbonyl (C=O) groups is 3. The molecule has 0 spiro atoms. The second-order valence-electron chi connectivity index (χ2n) is 11.0. The number of carbonyl (C=O) groups excluding carboxylic acids is 3. The maximum atomic E-state index is 14.4. The number of hydrogen-bond acceptors (Lipinski definition) is 7. The van der Waals surface area contributed by atoms with Crippen molar-refractivity contribution in [3.8, 4) is 0 Å². The lowest BCUT2D eigenvalue weighted by Crippen LogP contribution is -2.59. The largest absolute Gasteiger partial charge is 0.468 e. The van der Waals surface area contributed by atoms with Gasteiger partial charge >= 0.3 is 5.97 Å². The van der Waals surface area contributed by atoms with Crippen molar-refractivity contribution < 1.29 is 27.9 Å². The minimum atomic E-state index is -3.27. The molecule has 1 saturated carbocycles. The van der Waals surface area contributed by atoms with Crippen LogP contribution < -0.4 is 10.6 Å². The molecule has 0 aromatic carbocycles. The fourth-order valence-electron chi connectivity index (χ4n) is 6.10. The molecule has 1 aliphatic carbocycles. The monoisotopic (exact) mass is 571 g/mol. The molecule has 1 unspecified atom stereocenters. The summed E-state index contributed by atoms with van der Waals surface area (Å²) in [5.74, 6) is -5.20. The molecule has 1 aliphatic heterocycles. The average Bonchev–Trinajstić information content (AvgIpc) is 3.52. The van der Waals surface area contributed by atoms with E-state index in [0.717, 1.165) is 45.6 Å². The molecule has 0 bridgehead atoms. The number of hydrogen-bond donors (Lipinski definition) is 2. The van der Waals surface area contributed by atoms with Gasteiger partial charge in [-0.15, -0.1) is 0 Å². The smallest absolute Gasteiger partial charge is 0.322 e. The molecule has 3 aromatic rings. The first-order chi connectivity index (χ1) is 19.7. The summed E-state index contributed by atoms with van der Waals surface area (Å²) in [5.41, 5.74) is -0.282. The second kappa shape index (κ2) is 11.5. The van der Waals surface area contributed by atoms with Gasteiger partial charge in [-0.05, 0) is 43.9 Å². The number of ether oxygens (including phenoxy) is 1. The average molecular weight is 572 g/mol. The molecule has 3 aromatic heterocycles. The number of methoxy groups -OCH3 is 1. The highest BCUT2D eigenvalue weighted by Gasteiger charge is 2.57. The number of nitrogens with one attached hydrogen (secondary N) is 2. The van der Waals surface area contributed by atoms with Crippen LogP contribution in [0, 0.1) is 11.3 Å². The summed E-state index contributed by atoms with van der Waals surface area (Å²) >= 11 is 0. The first-order valence-electron chi connectivity index (χ1n) is 14.1. The van der Waals surface area contributed by atoms with Crippen LogP contribution in [0.4, 0.5) is 8.78 Å². The lowest BCUT2D eigenvalue weighted by molar-refractivity contribution is -0.172. The molecule has 0 radical (unpaired) electrons. The van der Waals surface area contributed by atoms with Gasteiger partial charge in [-0.2, -0.15) is 10.2 Å². The summed E-state index contributed by atoms with van der Waals surface area (Å²) in [4.78, 5) is 43.6. The highest BCUT2D eigenvalue weighted by atomic mass is 19.3. The normalized spacial score (nSPS) is 22.1. The van der Waals surface area contributed by atoms with Crippen LogP contribution in [0.25, 0.3) is 5.65 Å². The Morgan fingerprint density at radius 2 is 1.95 bits per heavy atom. The number of rotatable bonds is 8. The van der Waals surface area contributed by atoms with E-state index in [9.17, 15) is 23.2 Å².